The van der Waals surface area contributed by atoms with Crippen molar-refractivity contribution in [2.75, 3.05) is 13.1 Å². The molecule has 2 fully saturated rings. The fraction of sp³-hybridized carbons (Fsp3) is 0.688. The van der Waals surface area contributed by atoms with Gasteiger partial charge in [0, 0.05) is 12.1 Å². The first-order valence-electron chi connectivity index (χ1n) is 8.05. The molecule has 1 aromatic heterocycles. The van der Waals surface area contributed by atoms with Gasteiger partial charge in [-0.25, -0.2) is 0 Å². The highest BCUT2D eigenvalue weighted by atomic mass is 16.3. The van der Waals surface area contributed by atoms with Gasteiger partial charge >= 0.3 is 0 Å². The van der Waals surface area contributed by atoms with Gasteiger partial charge in [0.05, 0.1) is 18.8 Å². The molecule has 3 unspecified atom stereocenters. The quantitative estimate of drug-likeness (QED) is 0.863. The largest absolute Gasteiger partial charge is 0.467 e. The predicted molar refractivity (Wildman–Crippen MR) is 80.8 cm³/mol. The number of nitrogens with one attached hydrogen (secondary N) is 2. The SMILES string of the molecule is CC(C(=O)NCc1ccco1)N1CCCC1C1CCCN1. The Hall–Kier alpha value is -1.33. The summed E-state index contributed by atoms with van der Waals surface area (Å²) in [7, 11) is 0. The number of rotatable bonds is 5. The molecule has 5 heteroatoms. The fourth-order valence-electron chi connectivity index (χ4n) is 3.65. The van der Waals surface area contributed by atoms with Crippen LogP contribution in [0.15, 0.2) is 22.8 Å². The topological polar surface area (TPSA) is 57.5 Å². The van der Waals surface area contributed by atoms with Crippen LogP contribution in [-0.4, -0.2) is 42.0 Å². The smallest absolute Gasteiger partial charge is 0.237 e. The first-order valence-corrected chi connectivity index (χ1v) is 8.05. The van der Waals surface area contributed by atoms with Crippen molar-refractivity contribution in [2.24, 2.45) is 0 Å². The van der Waals surface area contributed by atoms with Crippen LogP contribution in [0.3, 0.4) is 0 Å². The van der Waals surface area contributed by atoms with E-state index < -0.39 is 0 Å². The fourth-order valence-corrected chi connectivity index (χ4v) is 3.65. The van der Waals surface area contributed by atoms with E-state index in [2.05, 4.69) is 15.5 Å². The van der Waals surface area contributed by atoms with Crippen LogP contribution >= 0.6 is 0 Å². The summed E-state index contributed by atoms with van der Waals surface area (Å²) < 4.78 is 5.25. The summed E-state index contributed by atoms with van der Waals surface area (Å²) in [5.41, 5.74) is 0. The molecule has 2 N–H and O–H groups in total. The molecule has 2 aliphatic heterocycles. The average molecular weight is 291 g/mol. The number of hydrogen-bond acceptors (Lipinski definition) is 4. The lowest BCUT2D eigenvalue weighted by atomic mass is 10.0. The Labute approximate surface area is 126 Å². The van der Waals surface area contributed by atoms with Gasteiger partial charge in [-0.05, 0) is 57.8 Å². The Bertz CT molecular complexity index is 454. The van der Waals surface area contributed by atoms with E-state index in [0.29, 0.717) is 18.6 Å². The maximum Gasteiger partial charge on any atom is 0.237 e. The van der Waals surface area contributed by atoms with Gasteiger partial charge < -0.3 is 15.1 Å². The number of carbonyl (C=O) groups excluding carboxylic acids is 1. The molecule has 0 spiro atoms. The summed E-state index contributed by atoms with van der Waals surface area (Å²) >= 11 is 0. The third-order valence-corrected chi connectivity index (χ3v) is 4.80. The summed E-state index contributed by atoms with van der Waals surface area (Å²) in [6.45, 7) is 4.63. The van der Waals surface area contributed by atoms with Crippen LogP contribution in [0.1, 0.15) is 38.4 Å². The molecule has 1 amide bonds. The second-order valence-corrected chi connectivity index (χ2v) is 6.12. The summed E-state index contributed by atoms with van der Waals surface area (Å²) in [5.74, 6) is 0.891. The monoisotopic (exact) mass is 291 g/mol. The number of furan rings is 1. The van der Waals surface area contributed by atoms with Crippen LogP contribution < -0.4 is 10.6 Å². The zero-order valence-electron chi connectivity index (χ0n) is 12.7. The summed E-state index contributed by atoms with van der Waals surface area (Å²) in [6.07, 6.45) is 6.52. The third-order valence-electron chi connectivity index (χ3n) is 4.80. The van der Waals surface area contributed by atoms with Gasteiger partial charge in [-0.2, -0.15) is 0 Å². The molecule has 3 atom stereocenters. The van der Waals surface area contributed by atoms with Crippen molar-refractivity contribution >= 4 is 5.91 Å². The molecule has 0 saturated carbocycles. The van der Waals surface area contributed by atoms with Gasteiger partial charge in [0.25, 0.3) is 0 Å². The molecule has 2 aliphatic rings. The number of carbonyl (C=O) groups is 1. The maximum absolute atomic E-state index is 12.4. The molecule has 3 heterocycles. The van der Waals surface area contributed by atoms with Crippen LogP contribution in [0.4, 0.5) is 0 Å². The van der Waals surface area contributed by atoms with E-state index in [1.165, 1.54) is 25.7 Å². The molecular formula is C16H25N3O2. The molecule has 0 aromatic carbocycles. The highest BCUT2D eigenvalue weighted by Crippen LogP contribution is 2.26. The summed E-state index contributed by atoms with van der Waals surface area (Å²) in [6, 6.07) is 4.72. The van der Waals surface area contributed by atoms with Gasteiger partial charge in [-0.3, -0.25) is 9.69 Å². The minimum absolute atomic E-state index is 0.0742. The number of amides is 1. The van der Waals surface area contributed by atoms with Crippen molar-refractivity contribution in [1.82, 2.24) is 15.5 Å². The summed E-state index contributed by atoms with van der Waals surface area (Å²) in [5, 5.41) is 6.57. The average Bonchev–Trinajstić information content (AvgIpc) is 3.25. The Morgan fingerprint density at radius 1 is 1.52 bits per heavy atom. The van der Waals surface area contributed by atoms with Crippen molar-refractivity contribution in [1.29, 1.82) is 0 Å². The molecule has 0 radical (unpaired) electrons. The lowest BCUT2D eigenvalue weighted by molar-refractivity contribution is -0.126. The molecule has 0 bridgehead atoms. The molecule has 1 aromatic rings. The second kappa shape index (κ2) is 6.62. The van der Waals surface area contributed by atoms with Crippen molar-refractivity contribution in [3.63, 3.8) is 0 Å². The van der Waals surface area contributed by atoms with Crippen LogP contribution in [-0.2, 0) is 11.3 Å². The number of hydrogen-bond donors (Lipinski definition) is 2. The van der Waals surface area contributed by atoms with Gasteiger partial charge in [-0.15, -0.1) is 0 Å². The van der Waals surface area contributed by atoms with Crippen LogP contribution in [0, 0.1) is 0 Å². The van der Waals surface area contributed by atoms with Gasteiger partial charge in [0.15, 0.2) is 0 Å². The van der Waals surface area contributed by atoms with E-state index in [0.717, 1.165) is 18.8 Å². The van der Waals surface area contributed by atoms with E-state index in [9.17, 15) is 4.79 Å². The van der Waals surface area contributed by atoms with E-state index in [4.69, 9.17) is 4.42 Å². The summed E-state index contributed by atoms with van der Waals surface area (Å²) in [4.78, 5) is 14.7. The zero-order chi connectivity index (χ0) is 14.7. The Kier molecular flexibility index (Phi) is 4.60. The van der Waals surface area contributed by atoms with Crippen molar-refractivity contribution in [3.05, 3.63) is 24.2 Å². The van der Waals surface area contributed by atoms with Gasteiger partial charge in [0.1, 0.15) is 5.76 Å². The molecule has 2 saturated heterocycles. The zero-order valence-corrected chi connectivity index (χ0v) is 12.7. The molecule has 116 valence electrons. The van der Waals surface area contributed by atoms with Crippen molar-refractivity contribution < 1.29 is 9.21 Å². The standard InChI is InChI=1S/C16H25N3O2/c1-12(16(20)18-11-13-5-4-10-21-13)19-9-3-7-15(19)14-6-2-8-17-14/h4-5,10,12,14-15,17H,2-3,6-9,11H2,1H3,(H,18,20). The van der Waals surface area contributed by atoms with Crippen molar-refractivity contribution in [2.45, 2.75) is 57.3 Å². The normalized spacial score (nSPS) is 27.9. The Balaban J connectivity index is 1.55. The Morgan fingerprint density at radius 3 is 3.14 bits per heavy atom. The highest BCUT2D eigenvalue weighted by molar-refractivity contribution is 5.81. The van der Waals surface area contributed by atoms with Crippen molar-refractivity contribution in [3.8, 4) is 0 Å². The van der Waals surface area contributed by atoms with Gasteiger partial charge in [0.2, 0.25) is 5.91 Å². The molecule has 0 aliphatic carbocycles. The lowest BCUT2D eigenvalue weighted by Gasteiger charge is -2.33. The van der Waals surface area contributed by atoms with E-state index >= 15 is 0 Å². The molecule has 21 heavy (non-hydrogen) atoms. The number of likely N-dealkylation sites (tertiary alicyclic amines) is 1. The first-order chi connectivity index (χ1) is 10.3. The lowest BCUT2D eigenvalue weighted by Crippen LogP contribution is -2.52. The maximum atomic E-state index is 12.4. The number of nitrogens with zero attached hydrogens (tertiary/aromatic N) is 1. The minimum Gasteiger partial charge on any atom is -0.467 e. The molecule has 5 nitrogen and oxygen atoms in total. The van der Waals surface area contributed by atoms with Crippen LogP contribution in [0.2, 0.25) is 0 Å². The molecule has 3 rings (SSSR count). The van der Waals surface area contributed by atoms with Gasteiger partial charge in [-0.1, -0.05) is 0 Å². The molecular weight excluding hydrogens is 266 g/mol. The van der Waals surface area contributed by atoms with Crippen LogP contribution in [0.5, 0.6) is 0 Å². The van der Waals surface area contributed by atoms with Crippen LogP contribution in [0.25, 0.3) is 0 Å². The van der Waals surface area contributed by atoms with E-state index in [1.54, 1.807) is 6.26 Å². The second-order valence-electron chi connectivity index (χ2n) is 6.12. The Morgan fingerprint density at radius 2 is 2.43 bits per heavy atom. The van der Waals surface area contributed by atoms with E-state index in [-0.39, 0.29) is 11.9 Å². The first kappa shape index (κ1) is 14.6. The third kappa shape index (κ3) is 3.30. The van der Waals surface area contributed by atoms with E-state index in [1.807, 2.05) is 19.1 Å². The predicted octanol–water partition coefficient (Wildman–Crippen LogP) is 1.50. The minimum atomic E-state index is -0.0742. The highest BCUT2D eigenvalue weighted by Gasteiger charge is 2.37.